The summed E-state index contributed by atoms with van der Waals surface area (Å²) >= 11 is 3.80. The Labute approximate surface area is 102 Å². The molecule has 1 aliphatic heterocycles. The maximum Gasteiger partial charge on any atom is 0.0504 e. The van der Waals surface area contributed by atoms with Crippen molar-refractivity contribution < 1.29 is 4.74 Å². The fourth-order valence-electron chi connectivity index (χ4n) is 2.96. The van der Waals surface area contributed by atoms with Gasteiger partial charge in [0.2, 0.25) is 0 Å². The van der Waals surface area contributed by atoms with E-state index in [1.165, 1.54) is 51.4 Å². The normalized spacial score (nSPS) is 34.2. The van der Waals surface area contributed by atoms with E-state index in [4.69, 9.17) is 4.74 Å². The van der Waals surface area contributed by atoms with Crippen molar-refractivity contribution in [2.45, 2.75) is 56.2 Å². The lowest BCUT2D eigenvalue weighted by Gasteiger charge is -2.29. The summed E-state index contributed by atoms with van der Waals surface area (Å²) in [5.74, 6) is 1.81. The zero-order chi connectivity index (χ0) is 10.5. The van der Waals surface area contributed by atoms with E-state index < -0.39 is 0 Å². The Morgan fingerprint density at radius 2 is 1.80 bits per heavy atom. The molecular formula is C13H23BrO. The minimum absolute atomic E-state index is 0.717. The highest BCUT2D eigenvalue weighted by atomic mass is 79.9. The van der Waals surface area contributed by atoms with Crippen LogP contribution in [0.3, 0.4) is 0 Å². The van der Waals surface area contributed by atoms with Crippen molar-refractivity contribution in [2.75, 3.05) is 13.2 Å². The molecule has 0 bridgehead atoms. The minimum atomic E-state index is 0.717. The smallest absolute Gasteiger partial charge is 0.0504 e. The number of hydrogen-bond donors (Lipinski definition) is 0. The predicted octanol–water partition coefficient (Wildman–Crippen LogP) is 4.15. The van der Waals surface area contributed by atoms with Gasteiger partial charge < -0.3 is 4.74 Å². The maximum atomic E-state index is 5.56. The van der Waals surface area contributed by atoms with Crippen molar-refractivity contribution >= 4 is 15.9 Å². The van der Waals surface area contributed by atoms with Crippen LogP contribution in [-0.2, 0) is 4.74 Å². The molecule has 2 atom stereocenters. The number of ether oxygens (including phenoxy) is 1. The van der Waals surface area contributed by atoms with Gasteiger partial charge in [0, 0.05) is 11.4 Å². The first-order valence-electron chi connectivity index (χ1n) is 6.58. The lowest BCUT2D eigenvalue weighted by atomic mass is 9.83. The van der Waals surface area contributed by atoms with Crippen molar-refractivity contribution in [2.24, 2.45) is 11.8 Å². The average molecular weight is 275 g/mol. The van der Waals surface area contributed by atoms with Crippen LogP contribution in [0.1, 0.15) is 51.4 Å². The summed E-state index contributed by atoms with van der Waals surface area (Å²) in [6, 6.07) is 0. The highest BCUT2D eigenvalue weighted by Gasteiger charge is 2.24. The Hall–Kier alpha value is 0.440. The van der Waals surface area contributed by atoms with Crippen molar-refractivity contribution in [1.82, 2.24) is 0 Å². The van der Waals surface area contributed by atoms with Gasteiger partial charge in [-0.05, 0) is 24.7 Å². The van der Waals surface area contributed by atoms with E-state index in [0.29, 0.717) is 0 Å². The van der Waals surface area contributed by atoms with Gasteiger partial charge in [-0.15, -0.1) is 0 Å². The SMILES string of the molecule is BrC1CCOCC1CCC1CCCCC1. The molecule has 1 aliphatic carbocycles. The van der Waals surface area contributed by atoms with Crippen molar-refractivity contribution in [3.05, 3.63) is 0 Å². The third-order valence-corrected chi connectivity index (χ3v) is 5.26. The van der Waals surface area contributed by atoms with Gasteiger partial charge in [-0.25, -0.2) is 0 Å². The summed E-state index contributed by atoms with van der Waals surface area (Å²) in [7, 11) is 0. The average Bonchev–Trinajstić information content (AvgIpc) is 2.29. The highest BCUT2D eigenvalue weighted by Crippen LogP contribution is 2.32. The molecule has 1 saturated heterocycles. The molecule has 0 amide bonds. The van der Waals surface area contributed by atoms with E-state index in [0.717, 1.165) is 29.9 Å². The Kier molecular flexibility index (Phi) is 4.96. The first kappa shape index (κ1) is 11.9. The monoisotopic (exact) mass is 274 g/mol. The van der Waals surface area contributed by atoms with Gasteiger partial charge in [0.15, 0.2) is 0 Å². The fourth-order valence-corrected chi connectivity index (χ4v) is 3.56. The minimum Gasteiger partial charge on any atom is -0.381 e. The summed E-state index contributed by atoms with van der Waals surface area (Å²) in [6.07, 6.45) is 11.4. The van der Waals surface area contributed by atoms with Gasteiger partial charge in [0.05, 0.1) is 6.61 Å². The van der Waals surface area contributed by atoms with Crippen LogP contribution in [0.5, 0.6) is 0 Å². The van der Waals surface area contributed by atoms with Gasteiger partial charge in [-0.2, -0.15) is 0 Å². The molecule has 0 N–H and O–H groups in total. The molecule has 0 spiro atoms. The molecule has 88 valence electrons. The molecule has 1 saturated carbocycles. The summed E-state index contributed by atoms with van der Waals surface area (Å²) in [4.78, 5) is 0.717. The lowest BCUT2D eigenvalue weighted by Crippen LogP contribution is -2.28. The molecule has 0 radical (unpaired) electrons. The van der Waals surface area contributed by atoms with Gasteiger partial charge in [0.1, 0.15) is 0 Å². The molecular weight excluding hydrogens is 252 g/mol. The number of hydrogen-bond acceptors (Lipinski definition) is 1. The van der Waals surface area contributed by atoms with E-state index in [-0.39, 0.29) is 0 Å². The van der Waals surface area contributed by atoms with Crippen LogP contribution >= 0.6 is 15.9 Å². The second-order valence-corrected chi connectivity index (χ2v) is 6.40. The quantitative estimate of drug-likeness (QED) is 0.703. The van der Waals surface area contributed by atoms with Crippen LogP contribution in [0, 0.1) is 11.8 Å². The molecule has 2 heteroatoms. The molecule has 15 heavy (non-hydrogen) atoms. The largest absolute Gasteiger partial charge is 0.381 e. The Morgan fingerprint density at radius 3 is 2.53 bits per heavy atom. The van der Waals surface area contributed by atoms with Crippen LogP contribution in [0.2, 0.25) is 0 Å². The topological polar surface area (TPSA) is 9.23 Å². The molecule has 2 rings (SSSR count). The maximum absolute atomic E-state index is 5.56. The van der Waals surface area contributed by atoms with Crippen LogP contribution in [-0.4, -0.2) is 18.0 Å². The fraction of sp³-hybridized carbons (Fsp3) is 1.00. The lowest BCUT2D eigenvalue weighted by molar-refractivity contribution is 0.0540. The van der Waals surface area contributed by atoms with E-state index >= 15 is 0 Å². The van der Waals surface area contributed by atoms with Gasteiger partial charge in [-0.1, -0.05) is 54.5 Å². The summed E-state index contributed by atoms with van der Waals surface area (Å²) in [5, 5.41) is 0. The van der Waals surface area contributed by atoms with Crippen LogP contribution in [0.15, 0.2) is 0 Å². The molecule has 1 heterocycles. The highest BCUT2D eigenvalue weighted by molar-refractivity contribution is 9.09. The standard InChI is InChI=1S/C13H23BrO/c14-13-8-9-15-10-12(13)7-6-11-4-2-1-3-5-11/h11-13H,1-10H2. The molecule has 2 aliphatic rings. The molecule has 2 fully saturated rings. The third kappa shape index (κ3) is 3.74. The van der Waals surface area contributed by atoms with Crippen molar-refractivity contribution in [3.63, 3.8) is 0 Å². The van der Waals surface area contributed by atoms with E-state index in [2.05, 4.69) is 15.9 Å². The molecule has 2 unspecified atom stereocenters. The summed E-state index contributed by atoms with van der Waals surface area (Å²) < 4.78 is 5.56. The van der Waals surface area contributed by atoms with E-state index in [9.17, 15) is 0 Å². The van der Waals surface area contributed by atoms with Gasteiger partial charge in [0.25, 0.3) is 0 Å². The van der Waals surface area contributed by atoms with Crippen LogP contribution < -0.4 is 0 Å². The summed E-state index contributed by atoms with van der Waals surface area (Å²) in [6.45, 7) is 1.94. The van der Waals surface area contributed by atoms with Crippen molar-refractivity contribution in [3.8, 4) is 0 Å². The Bertz CT molecular complexity index is 177. The molecule has 1 nitrogen and oxygen atoms in total. The second kappa shape index (κ2) is 6.24. The number of rotatable bonds is 3. The Morgan fingerprint density at radius 1 is 1.00 bits per heavy atom. The van der Waals surface area contributed by atoms with E-state index in [1.807, 2.05) is 0 Å². The van der Waals surface area contributed by atoms with Gasteiger partial charge >= 0.3 is 0 Å². The van der Waals surface area contributed by atoms with Crippen LogP contribution in [0.25, 0.3) is 0 Å². The van der Waals surface area contributed by atoms with E-state index in [1.54, 1.807) is 0 Å². The molecule has 0 aromatic carbocycles. The zero-order valence-electron chi connectivity index (χ0n) is 9.59. The third-order valence-electron chi connectivity index (χ3n) is 4.05. The van der Waals surface area contributed by atoms with Crippen LogP contribution in [0.4, 0.5) is 0 Å². The summed E-state index contributed by atoms with van der Waals surface area (Å²) in [5.41, 5.74) is 0. The first-order valence-corrected chi connectivity index (χ1v) is 7.49. The predicted molar refractivity (Wildman–Crippen MR) is 67.5 cm³/mol. The van der Waals surface area contributed by atoms with Gasteiger partial charge in [-0.3, -0.25) is 0 Å². The first-order chi connectivity index (χ1) is 7.36. The second-order valence-electron chi connectivity index (χ2n) is 5.22. The zero-order valence-corrected chi connectivity index (χ0v) is 11.2. The van der Waals surface area contributed by atoms with Crippen molar-refractivity contribution in [1.29, 1.82) is 0 Å². The Balaban J connectivity index is 1.67. The molecule has 0 aromatic heterocycles. The molecule has 0 aromatic rings. The number of halogens is 1. The number of alkyl halides is 1.